The molecule has 0 unspecified atom stereocenters. The minimum Gasteiger partial charge on any atom is -0.493 e. The first-order valence-corrected chi connectivity index (χ1v) is 7.01. The van der Waals surface area contributed by atoms with Gasteiger partial charge < -0.3 is 4.74 Å². The molecule has 4 nitrogen and oxygen atoms in total. The van der Waals surface area contributed by atoms with E-state index in [9.17, 15) is 0 Å². The molecule has 5 heteroatoms. The van der Waals surface area contributed by atoms with Gasteiger partial charge in [-0.15, -0.1) is 11.3 Å². The zero-order valence-electron chi connectivity index (χ0n) is 11.3. The predicted octanol–water partition coefficient (Wildman–Crippen LogP) is 3.60. The summed E-state index contributed by atoms with van der Waals surface area (Å²) in [6, 6.07) is 6.04. The fourth-order valence-electron chi connectivity index (χ4n) is 1.62. The number of benzene rings is 1. The Morgan fingerprint density at radius 1 is 1.42 bits per heavy atom. The number of aryl methyl sites for hydroxylation is 2. The first kappa shape index (κ1) is 13.5. The molecular formula is C14H17N3OS. The number of thiazole rings is 1. The van der Waals surface area contributed by atoms with E-state index in [-0.39, 0.29) is 0 Å². The predicted molar refractivity (Wildman–Crippen MR) is 80.4 cm³/mol. The Balaban J connectivity index is 2.10. The standard InChI is InChI=1S/C14H17N3OS/c1-4-18-13-6-5-10(2)7-12(13)8-15-17-14-16-11(3)9-19-14/h5-9H,4H2,1-3H3,(H,16,17). The SMILES string of the molecule is CCOc1ccc(C)cc1C=NNc1nc(C)cs1. The van der Waals surface area contributed by atoms with Gasteiger partial charge in [-0.2, -0.15) is 5.10 Å². The maximum absolute atomic E-state index is 5.57. The van der Waals surface area contributed by atoms with Crippen LogP contribution < -0.4 is 10.2 Å². The summed E-state index contributed by atoms with van der Waals surface area (Å²) in [7, 11) is 0. The summed E-state index contributed by atoms with van der Waals surface area (Å²) in [4.78, 5) is 4.28. The molecule has 2 aromatic rings. The highest BCUT2D eigenvalue weighted by Gasteiger charge is 2.01. The quantitative estimate of drug-likeness (QED) is 0.670. The molecular weight excluding hydrogens is 258 g/mol. The summed E-state index contributed by atoms with van der Waals surface area (Å²) in [6.45, 7) is 6.62. The Labute approximate surface area is 117 Å². The second-order valence-corrected chi connectivity index (χ2v) is 5.00. The Kier molecular flexibility index (Phi) is 4.52. The smallest absolute Gasteiger partial charge is 0.203 e. The Hall–Kier alpha value is -1.88. The fourth-order valence-corrected chi connectivity index (χ4v) is 2.26. The van der Waals surface area contributed by atoms with Crippen LogP contribution in [0.25, 0.3) is 0 Å². The third-order valence-corrected chi connectivity index (χ3v) is 3.31. The van der Waals surface area contributed by atoms with Crippen LogP contribution in [0.3, 0.4) is 0 Å². The molecule has 0 amide bonds. The molecule has 0 radical (unpaired) electrons. The minimum absolute atomic E-state index is 0.642. The van der Waals surface area contributed by atoms with E-state index in [0.717, 1.165) is 22.1 Å². The Morgan fingerprint density at radius 3 is 2.95 bits per heavy atom. The molecule has 1 aromatic heterocycles. The summed E-state index contributed by atoms with van der Waals surface area (Å²) in [6.07, 6.45) is 1.76. The minimum atomic E-state index is 0.642. The number of anilines is 1. The molecule has 2 rings (SSSR count). The number of ether oxygens (including phenoxy) is 1. The van der Waals surface area contributed by atoms with Crippen LogP contribution in [0.1, 0.15) is 23.7 Å². The number of nitrogens with zero attached hydrogens (tertiary/aromatic N) is 2. The third-order valence-electron chi connectivity index (χ3n) is 2.45. The van der Waals surface area contributed by atoms with Crippen LogP contribution in [-0.4, -0.2) is 17.8 Å². The molecule has 0 atom stereocenters. The van der Waals surface area contributed by atoms with Gasteiger partial charge in [0.2, 0.25) is 5.13 Å². The average molecular weight is 275 g/mol. The second-order valence-electron chi connectivity index (χ2n) is 4.14. The first-order valence-electron chi connectivity index (χ1n) is 6.13. The van der Waals surface area contributed by atoms with Crippen molar-refractivity contribution < 1.29 is 4.74 Å². The molecule has 0 bridgehead atoms. The average Bonchev–Trinajstić information content (AvgIpc) is 2.79. The van der Waals surface area contributed by atoms with Crippen LogP contribution in [0.5, 0.6) is 5.75 Å². The first-order chi connectivity index (χ1) is 9.19. The van der Waals surface area contributed by atoms with E-state index in [4.69, 9.17) is 4.74 Å². The number of aromatic nitrogens is 1. The van der Waals surface area contributed by atoms with E-state index in [1.54, 1.807) is 6.21 Å². The molecule has 100 valence electrons. The van der Waals surface area contributed by atoms with E-state index in [2.05, 4.69) is 15.5 Å². The monoisotopic (exact) mass is 275 g/mol. The van der Waals surface area contributed by atoms with Gasteiger partial charge in [-0.3, -0.25) is 5.43 Å². The van der Waals surface area contributed by atoms with Gasteiger partial charge in [0.05, 0.1) is 18.5 Å². The van der Waals surface area contributed by atoms with E-state index in [1.807, 2.05) is 44.4 Å². The molecule has 1 N–H and O–H groups in total. The Bertz CT molecular complexity index is 578. The van der Waals surface area contributed by atoms with Crippen LogP contribution in [0.4, 0.5) is 5.13 Å². The molecule has 0 aliphatic heterocycles. The normalized spacial score (nSPS) is 10.9. The topological polar surface area (TPSA) is 46.5 Å². The third kappa shape index (κ3) is 3.79. The van der Waals surface area contributed by atoms with Crippen molar-refractivity contribution in [2.75, 3.05) is 12.0 Å². The largest absolute Gasteiger partial charge is 0.493 e. The van der Waals surface area contributed by atoms with Gasteiger partial charge in [0.25, 0.3) is 0 Å². The van der Waals surface area contributed by atoms with Crippen LogP contribution in [0.2, 0.25) is 0 Å². The molecule has 0 aliphatic carbocycles. The Morgan fingerprint density at radius 2 is 2.26 bits per heavy atom. The van der Waals surface area contributed by atoms with Crippen molar-refractivity contribution in [3.05, 3.63) is 40.4 Å². The molecule has 1 heterocycles. The van der Waals surface area contributed by atoms with Gasteiger partial charge >= 0.3 is 0 Å². The van der Waals surface area contributed by atoms with Crippen molar-refractivity contribution in [2.45, 2.75) is 20.8 Å². The van der Waals surface area contributed by atoms with Crippen LogP contribution in [-0.2, 0) is 0 Å². The van der Waals surface area contributed by atoms with Crippen LogP contribution in [0, 0.1) is 13.8 Å². The van der Waals surface area contributed by atoms with Crippen molar-refractivity contribution in [1.82, 2.24) is 4.98 Å². The van der Waals surface area contributed by atoms with Crippen molar-refractivity contribution in [1.29, 1.82) is 0 Å². The van der Waals surface area contributed by atoms with Crippen LogP contribution >= 0.6 is 11.3 Å². The van der Waals surface area contributed by atoms with Gasteiger partial charge in [-0.25, -0.2) is 4.98 Å². The zero-order chi connectivity index (χ0) is 13.7. The van der Waals surface area contributed by atoms with Crippen molar-refractivity contribution in [2.24, 2.45) is 5.10 Å². The highest BCUT2D eigenvalue weighted by atomic mass is 32.1. The van der Waals surface area contributed by atoms with E-state index >= 15 is 0 Å². The maximum Gasteiger partial charge on any atom is 0.203 e. The number of hydrogen-bond acceptors (Lipinski definition) is 5. The van der Waals surface area contributed by atoms with Crippen molar-refractivity contribution >= 4 is 22.7 Å². The summed E-state index contributed by atoms with van der Waals surface area (Å²) in [5, 5.41) is 6.98. The molecule has 19 heavy (non-hydrogen) atoms. The lowest BCUT2D eigenvalue weighted by Gasteiger charge is -2.07. The lowest BCUT2D eigenvalue weighted by molar-refractivity contribution is 0.339. The van der Waals surface area contributed by atoms with Crippen molar-refractivity contribution in [3.63, 3.8) is 0 Å². The number of rotatable bonds is 5. The second kappa shape index (κ2) is 6.33. The maximum atomic E-state index is 5.57. The van der Waals surface area contributed by atoms with Gasteiger partial charge in [0.1, 0.15) is 5.75 Å². The molecule has 0 fully saturated rings. The molecule has 0 saturated heterocycles. The van der Waals surface area contributed by atoms with Crippen molar-refractivity contribution in [3.8, 4) is 5.75 Å². The summed E-state index contributed by atoms with van der Waals surface area (Å²) in [5.41, 5.74) is 6.05. The summed E-state index contributed by atoms with van der Waals surface area (Å²) < 4.78 is 5.57. The summed E-state index contributed by atoms with van der Waals surface area (Å²) >= 11 is 1.54. The van der Waals surface area contributed by atoms with Gasteiger partial charge in [-0.1, -0.05) is 11.6 Å². The van der Waals surface area contributed by atoms with E-state index in [0.29, 0.717) is 6.61 Å². The molecule has 0 saturated carbocycles. The number of hydrazone groups is 1. The fraction of sp³-hybridized carbons (Fsp3) is 0.286. The molecule has 0 spiro atoms. The van der Waals surface area contributed by atoms with Gasteiger partial charge in [-0.05, 0) is 32.9 Å². The van der Waals surface area contributed by atoms with Gasteiger partial charge in [0.15, 0.2) is 0 Å². The molecule has 0 aliphatic rings. The zero-order valence-corrected chi connectivity index (χ0v) is 12.1. The number of hydrogen-bond donors (Lipinski definition) is 1. The van der Waals surface area contributed by atoms with E-state index < -0.39 is 0 Å². The highest BCUT2D eigenvalue weighted by Crippen LogP contribution is 2.19. The van der Waals surface area contributed by atoms with Gasteiger partial charge in [0, 0.05) is 10.9 Å². The summed E-state index contributed by atoms with van der Waals surface area (Å²) in [5.74, 6) is 0.842. The molecule has 1 aromatic carbocycles. The van der Waals surface area contributed by atoms with E-state index in [1.165, 1.54) is 16.9 Å². The lowest BCUT2D eigenvalue weighted by Crippen LogP contribution is -1.98. The highest BCUT2D eigenvalue weighted by molar-refractivity contribution is 7.13. The lowest BCUT2D eigenvalue weighted by atomic mass is 10.1. The number of nitrogens with one attached hydrogen (secondary N) is 1. The van der Waals surface area contributed by atoms with Crippen LogP contribution in [0.15, 0.2) is 28.7 Å².